The molecule has 5 nitrogen and oxygen atoms in total. The second-order valence-corrected chi connectivity index (χ2v) is 3.70. The zero-order valence-electron chi connectivity index (χ0n) is 9.90. The first kappa shape index (κ1) is 12.6. The molecule has 0 spiro atoms. The summed E-state index contributed by atoms with van der Waals surface area (Å²) in [6, 6.07) is 1.76. The molecule has 0 unspecified atom stereocenters. The predicted molar refractivity (Wildman–Crippen MR) is 61.1 cm³/mol. The Hall–Kier alpha value is -1.49. The molecule has 0 radical (unpaired) electrons. The molecule has 0 amide bonds. The van der Waals surface area contributed by atoms with Crippen molar-refractivity contribution in [1.29, 1.82) is 0 Å². The largest absolute Gasteiger partial charge is 0.434 e. The van der Waals surface area contributed by atoms with E-state index in [1.807, 2.05) is 20.8 Å². The van der Waals surface area contributed by atoms with Crippen molar-refractivity contribution >= 4 is 11.7 Å². The number of nitrogens with zero attached hydrogens (tertiary/aromatic N) is 1. The molecule has 0 aliphatic rings. The topological polar surface area (TPSA) is 66.5 Å². The molecule has 16 heavy (non-hydrogen) atoms. The molecular weight excluding hydrogens is 208 g/mol. The lowest BCUT2D eigenvalue weighted by atomic mass is 10.3. The summed E-state index contributed by atoms with van der Waals surface area (Å²) in [7, 11) is 0. The number of hydrogen-bond acceptors (Lipinski definition) is 4. The maximum atomic E-state index is 11.7. The Morgan fingerprint density at radius 3 is 2.81 bits per heavy atom. The zero-order valence-corrected chi connectivity index (χ0v) is 9.90. The first-order chi connectivity index (χ1) is 7.56. The zero-order chi connectivity index (χ0) is 12.1. The van der Waals surface area contributed by atoms with Crippen LogP contribution in [-0.2, 0) is 9.47 Å². The van der Waals surface area contributed by atoms with Gasteiger partial charge in [0.25, 0.3) is 0 Å². The summed E-state index contributed by atoms with van der Waals surface area (Å²) in [6.45, 7) is 6.26. The van der Waals surface area contributed by atoms with E-state index in [0.29, 0.717) is 18.0 Å². The van der Waals surface area contributed by atoms with E-state index in [2.05, 4.69) is 0 Å². The van der Waals surface area contributed by atoms with Gasteiger partial charge in [0.05, 0.1) is 5.69 Å². The second kappa shape index (κ2) is 5.55. The van der Waals surface area contributed by atoms with Gasteiger partial charge in [-0.15, -0.1) is 0 Å². The van der Waals surface area contributed by atoms with Gasteiger partial charge in [-0.3, -0.25) is 0 Å². The van der Waals surface area contributed by atoms with Gasteiger partial charge in [-0.25, -0.2) is 4.79 Å². The summed E-state index contributed by atoms with van der Waals surface area (Å²) in [4.78, 5) is 11.7. The fourth-order valence-electron chi connectivity index (χ4n) is 1.34. The van der Waals surface area contributed by atoms with Gasteiger partial charge in [-0.1, -0.05) is 0 Å². The van der Waals surface area contributed by atoms with Gasteiger partial charge in [-0.2, -0.15) is 0 Å². The van der Waals surface area contributed by atoms with E-state index in [-0.39, 0.29) is 12.8 Å². The van der Waals surface area contributed by atoms with Crippen LogP contribution in [0.15, 0.2) is 12.3 Å². The van der Waals surface area contributed by atoms with E-state index < -0.39 is 5.97 Å². The molecule has 0 atom stereocenters. The van der Waals surface area contributed by atoms with E-state index in [1.54, 1.807) is 16.8 Å². The van der Waals surface area contributed by atoms with Crippen molar-refractivity contribution in [3.63, 3.8) is 0 Å². The van der Waals surface area contributed by atoms with Crippen LogP contribution >= 0.6 is 0 Å². The van der Waals surface area contributed by atoms with Crippen LogP contribution in [0.2, 0.25) is 0 Å². The smallest absolute Gasteiger partial charge is 0.357 e. The fraction of sp³-hybridized carbons (Fsp3) is 0.545. The molecule has 0 aliphatic carbocycles. The number of carbonyl (C=O) groups excluding carboxylic acids is 1. The molecule has 0 saturated carbocycles. The molecule has 0 fully saturated rings. The summed E-state index contributed by atoms with van der Waals surface area (Å²) >= 11 is 0. The molecule has 1 rings (SSSR count). The summed E-state index contributed by atoms with van der Waals surface area (Å²) in [5, 5.41) is 0. The number of aromatic nitrogens is 1. The van der Waals surface area contributed by atoms with Gasteiger partial charge in [0.1, 0.15) is 5.69 Å². The first-order valence-corrected chi connectivity index (χ1v) is 5.28. The van der Waals surface area contributed by atoms with E-state index in [9.17, 15) is 4.79 Å². The highest BCUT2D eigenvalue weighted by Gasteiger charge is 2.15. The van der Waals surface area contributed by atoms with Gasteiger partial charge >= 0.3 is 5.97 Å². The van der Waals surface area contributed by atoms with Gasteiger partial charge in [0.15, 0.2) is 6.79 Å². The lowest BCUT2D eigenvalue weighted by molar-refractivity contribution is -0.0282. The van der Waals surface area contributed by atoms with E-state index >= 15 is 0 Å². The lowest BCUT2D eigenvalue weighted by Crippen LogP contribution is -2.14. The molecule has 5 heteroatoms. The van der Waals surface area contributed by atoms with Crippen molar-refractivity contribution in [1.82, 2.24) is 4.57 Å². The summed E-state index contributed by atoms with van der Waals surface area (Å²) in [5.74, 6) is -0.418. The molecule has 0 aliphatic heterocycles. The Kier molecular flexibility index (Phi) is 4.37. The number of rotatable bonds is 5. The Morgan fingerprint density at radius 1 is 1.56 bits per heavy atom. The Balaban J connectivity index is 2.74. The molecule has 0 aromatic carbocycles. The number of anilines is 1. The minimum Gasteiger partial charge on any atom is -0.434 e. The predicted octanol–water partition coefficient (Wildman–Crippen LogP) is 1.80. The summed E-state index contributed by atoms with van der Waals surface area (Å²) in [5.41, 5.74) is 6.65. The number of nitrogen functional groups attached to an aromatic ring is 1. The SMILES string of the molecule is CCOCOC(=O)c1cc(N)cn1C(C)C. The highest BCUT2D eigenvalue weighted by atomic mass is 16.7. The molecule has 0 bridgehead atoms. The van der Waals surface area contributed by atoms with Crippen LogP contribution in [0, 0.1) is 0 Å². The quantitative estimate of drug-likeness (QED) is 0.472. The maximum Gasteiger partial charge on any atom is 0.357 e. The average Bonchev–Trinajstić information content (AvgIpc) is 2.61. The van der Waals surface area contributed by atoms with E-state index in [4.69, 9.17) is 15.2 Å². The van der Waals surface area contributed by atoms with Gasteiger partial charge in [0.2, 0.25) is 0 Å². The molecule has 0 saturated heterocycles. The van der Waals surface area contributed by atoms with Gasteiger partial charge in [-0.05, 0) is 26.8 Å². The summed E-state index contributed by atoms with van der Waals surface area (Å²) < 4.78 is 11.7. The Labute approximate surface area is 95.1 Å². The number of ether oxygens (including phenoxy) is 2. The number of nitrogens with two attached hydrogens (primary N) is 1. The van der Waals surface area contributed by atoms with Crippen LogP contribution in [0.25, 0.3) is 0 Å². The van der Waals surface area contributed by atoms with Crippen LogP contribution in [0.4, 0.5) is 5.69 Å². The molecule has 1 aromatic heterocycles. The van der Waals surface area contributed by atoms with E-state index in [1.165, 1.54) is 0 Å². The van der Waals surface area contributed by atoms with Crippen molar-refractivity contribution in [2.75, 3.05) is 19.1 Å². The number of hydrogen-bond donors (Lipinski definition) is 1. The standard InChI is InChI=1S/C11H18N2O3/c1-4-15-7-16-11(14)10-5-9(12)6-13(10)8(2)3/h5-6,8H,4,7,12H2,1-3H3. The maximum absolute atomic E-state index is 11.7. The Morgan fingerprint density at radius 2 is 2.25 bits per heavy atom. The first-order valence-electron chi connectivity index (χ1n) is 5.28. The van der Waals surface area contributed by atoms with Crippen LogP contribution in [-0.4, -0.2) is 23.9 Å². The van der Waals surface area contributed by atoms with Crippen molar-refractivity contribution in [2.45, 2.75) is 26.8 Å². The van der Waals surface area contributed by atoms with E-state index in [0.717, 1.165) is 0 Å². The molecule has 90 valence electrons. The van der Waals surface area contributed by atoms with Crippen LogP contribution in [0.1, 0.15) is 37.3 Å². The average molecular weight is 226 g/mol. The third kappa shape index (κ3) is 3.00. The van der Waals surface area contributed by atoms with Crippen molar-refractivity contribution in [2.24, 2.45) is 0 Å². The van der Waals surface area contributed by atoms with Crippen molar-refractivity contribution in [3.05, 3.63) is 18.0 Å². The normalized spacial score (nSPS) is 10.8. The number of esters is 1. The van der Waals surface area contributed by atoms with Crippen molar-refractivity contribution in [3.8, 4) is 0 Å². The minimum atomic E-state index is -0.418. The van der Waals surface area contributed by atoms with Crippen LogP contribution in [0.5, 0.6) is 0 Å². The highest BCUT2D eigenvalue weighted by Crippen LogP contribution is 2.17. The Bertz CT molecular complexity index is 358. The second-order valence-electron chi connectivity index (χ2n) is 3.70. The minimum absolute atomic E-state index is 0.0293. The monoisotopic (exact) mass is 226 g/mol. The van der Waals surface area contributed by atoms with Gasteiger partial charge in [0, 0.05) is 18.8 Å². The molecule has 1 heterocycles. The van der Waals surface area contributed by atoms with Crippen LogP contribution < -0.4 is 5.73 Å². The number of carbonyl (C=O) groups is 1. The third-order valence-corrected chi connectivity index (χ3v) is 2.11. The fourth-order valence-corrected chi connectivity index (χ4v) is 1.34. The molecular formula is C11H18N2O3. The third-order valence-electron chi connectivity index (χ3n) is 2.11. The lowest BCUT2D eigenvalue weighted by Gasteiger charge is -2.11. The molecule has 1 aromatic rings. The highest BCUT2D eigenvalue weighted by molar-refractivity contribution is 5.89. The van der Waals surface area contributed by atoms with Crippen molar-refractivity contribution < 1.29 is 14.3 Å². The van der Waals surface area contributed by atoms with Crippen LogP contribution in [0.3, 0.4) is 0 Å². The summed E-state index contributed by atoms with van der Waals surface area (Å²) in [6.07, 6.45) is 1.72. The molecule has 2 N–H and O–H groups in total. The van der Waals surface area contributed by atoms with Gasteiger partial charge < -0.3 is 19.8 Å².